The molecule has 1 atom stereocenters. The molecule has 2 rings (SSSR count). The van der Waals surface area contributed by atoms with Crippen molar-refractivity contribution in [2.45, 2.75) is 19.4 Å². The molecule has 0 saturated heterocycles. The molecule has 1 unspecified atom stereocenters. The zero-order valence-corrected chi connectivity index (χ0v) is 14.9. The van der Waals surface area contributed by atoms with Crippen molar-refractivity contribution < 1.29 is 24.2 Å². The van der Waals surface area contributed by atoms with Crippen LogP contribution in [0.1, 0.15) is 33.9 Å². The normalized spacial score (nSPS) is 11.6. The lowest BCUT2D eigenvalue weighted by Crippen LogP contribution is -2.30. The second kappa shape index (κ2) is 9.58. The number of hydrogen-bond donors (Lipinski definition) is 2. The zero-order chi connectivity index (χ0) is 18.9. The molecule has 0 spiro atoms. The van der Waals surface area contributed by atoms with Gasteiger partial charge in [0.05, 0.1) is 19.1 Å². The maximum Gasteiger partial charge on any atom is 0.305 e. The van der Waals surface area contributed by atoms with Gasteiger partial charge in [0.25, 0.3) is 5.91 Å². The lowest BCUT2D eigenvalue weighted by atomic mass is 9.98. The molecule has 26 heavy (non-hydrogen) atoms. The maximum absolute atomic E-state index is 12.6. The molecule has 0 fully saturated rings. The minimum Gasteiger partial charge on any atom is -0.491 e. The van der Waals surface area contributed by atoms with Gasteiger partial charge < -0.3 is 19.9 Å². The molecule has 6 heteroatoms. The maximum atomic E-state index is 12.6. The second-order valence-electron chi connectivity index (χ2n) is 5.85. The molecule has 0 radical (unpaired) electrons. The molecule has 0 heterocycles. The summed E-state index contributed by atoms with van der Waals surface area (Å²) in [5.41, 5.74) is 2.12. The highest BCUT2D eigenvalue weighted by Gasteiger charge is 2.20. The first-order valence-electron chi connectivity index (χ1n) is 8.31. The summed E-state index contributed by atoms with van der Waals surface area (Å²) < 4.78 is 10.4. The van der Waals surface area contributed by atoms with Gasteiger partial charge in [-0.2, -0.15) is 0 Å². The van der Waals surface area contributed by atoms with Crippen LogP contribution in [0.25, 0.3) is 0 Å². The summed E-state index contributed by atoms with van der Waals surface area (Å²) in [7, 11) is 1.58. The molecule has 138 valence electrons. The number of rotatable bonds is 9. The minimum absolute atomic E-state index is 0.194. The molecule has 0 aromatic heterocycles. The van der Waals surface area contributed by atoms with Crippen molar-refractivity contribution in [1.82, 2.24) is 5.32 Å². The van der Waals surface area contributed by atoms with Gasteiger partial charge in [-0.3, -0.25) is 9.59 Å². The number of ether oxygens (including phenoxy) is 2. The summed E-state index contributed by atoms with van der Waals surface area (Å²) in [6.45, 7) is 2.72. The largest absolute Gasteiger partial charge is 0.491 e. The van der Waals surface area contributed by atoms with E-state index in [-0.39, 0.29) is 12.3 Å². The van der Waals surface area contributed by atoms with Crippen molar-refractivity contribution in [3.8, 4) is 5.75 Å². The van der Waals surface area contributed by atoms with Crippen LogP contribution in [0.2, 0.25) is 0 Å². The van der Waals surface area contributed by atoms with E-state index in [9.17, 15) is 14.7 Å². The number of nitrogens with one attached hydrogen (secondary N) is 1. The third-order valence-electron chi connectivity index (χ3n) is 3.90. The fourth-order valence-corrected chi connectivity index (χ4v) is 2.60. The number of aryl methyl sites for hydroxylation is 1. The highest BCUT2D eigenvalue weighted by Crippen LogP contribution is 2.22. The first-order chi connectivity index (χ1) is 12.5. The molecule has 2 N–H and O–H groups in total. The summed E-state index contributed by atoms with van der Waals surface area (Å²) in [6, 6.07) is 13.6. The molecule has 0 aliphatic rings. The molecule has 0 aliphatic heterocycles. The SMILES string of the molecule is COCCOc1cccc(C(=O)NC(CC(=O)O)c2ccccc2C)c1. The molecule has 0 bridgehead atoms. The van der Waals surface area contributed by atoms with E-state index >= 15 is 0 Å². The fourth-order valence-electron chi connectivity index (χ4n) is 2.60. The van der Waals surface area contributed by atoms with Crippen molar-refractivity contribution >= 4 is 11.9 Å². The van der Waals surface area contributed by atoms with E-state index in [1.54, 1.807) is 31.4 Å². The van der Waals surface area contributed by atoms with E-state index in [1.165, 1.54) is 0 Å². The minimum atomic E-state index is -0.977. The predicted octanol–water partition coefficient (Wildman–Crippen LogP) is 2.97. The molecule has 6 nitrogen and oxygen atoms in total. The van der Waals surface area contributed by atoms with Gasteiger partial charge in [-0.25, -0.2) is 0 Å². The first-order valence-corrected chi connectivity index (χ1v) is 8.31. The standard InChI is InChI=1S/C20H23NO5/c1-14-6-3-4-9-17(14)18(13-19(22)23)21-20(24)15-7-5-8-16(12-15)26-11-10-25-2/h3-9,12,18H,10-11,13H2,1-2H3,(H,21,24)(H,22,23). The van der Waals surface area contributed by atoms with Gasteiger partial charge in [-0.15, -0.1) is 0 Å². The third kappa shape index (κ3) is 5.60. The van der Waals surface area contributed by atoms with Crippen LogP contribution >= 0.6 is 0 Å². The van der Waals surface area contributed by atoms with Crippen molar-refractivity contribution in [3.05, 3.63) is 65.2 Å². The Balaban J connectivity index is 2.15. The molecule has 0 saturated carbocycles. The van der Waals surface area contributed by atoms with E-state index < -0.39 is 12.0 Å². The Labute approximate surface area is 152 Å². The summed E-state index contributed by atoms with van der Waals surface area (Å²) in [4.78, 5) is 23.8. The smallest absolute Gasteiger partial charge is 0.305 e. The van der Waals surface area contributed by atoms with Crippen LogP contribution < -0.4 is 10.1 Å². The van der Waals surface area contributed by atoms with Gasteiger partial charge in [0.1, 0.15) is 12.4 Å². The van der Waals surface area contributed by atoms with Gasteiger partial charge in [0.15, 0.2) is 0 Å². The number of benzene rings is 2. The van der Waals surface area contributed by atoms with Crippen LogP contribution in [0.15, 0.2) is 48.5 Å². The quantitative estimate of drug-likeness (QED) is 0.674. The number of carboxylic acid groups (broad SMARTS) is 1. The van der Waals surface area contributed by atoms with Crippen molar-refractivity contribution in [1.29, 1.82) is 0 Å². The number of carbonyl (C=O) groups excluding carboxylic acids is 1. The van der Waals surface area contributed by atoms with Crippen molar-refractivity contribution in [3.63, 3.8) is 0 Å². The average molecular weight is 357 g/mol. The van der Waals surface area contributed by atoms with Gasteiger partial charge in [-0.1, -0.05) is 30.3 Å². The Morgan fingerprint density at radius 3 is 2.58 bits per heavy atom. The highest BCUT2D eigenvalue weighted by molar-refractivity contribution is 5.95. The van der Waals surface area contributed by atoms with Crippen LogP contribution in [0.3, 0.4) is 0 Å². The van der Waals surface area contributed by atoms with E-state index in [1.807, 2.05) is 31.2 Å². The highest BCUT2D eigenvalue weighted by atomic mass is 16.5. The Morgan fingerprint density at radius 2 is 1.88 bits per heavy atom. The molecule has 1 amide bonds. The van der Waals surface area contributed by atoms with Crippen LogP contribution in [-0.4, -0.2) is 37.3 Å². The summed E-state index contributed by atoms with van der Waals surface area (Å²) in [5.74, 6) is -0.771. The van der Waals surface area contributed by atoms with Crippen molar-refractivity contribution in [2.24, 2.45) is 0 Å². The Kier molecular flexibility index (Phi) is 7.17. The van der Waals surface area contributed by atoms with Crippen LogP contribution in [-0.2, 0) is 9.53 Å². The number of carboxylic acids is 1. The lowest BCUT2D eigenvalue weighted by molar-refractivity contribution is -0.137. The van der Waals surface area contributed by atoms with Crippen LogP contribution in [0, 0.1) is 6.92 Å². The van der Waals surface area contributed by atoms with Gasteiger partial charge >= 0.3 is 5.97 Å². The average Bonchev–Trinajstić information content (AvgIpc) is 2.61. The second-order valence-corrected chi connectivity index (χ2v) is 5.85. The van der Waals surface area contributed by atoms with Gasteiger partial charge in [0.2, 0.25) is 0 Å². The molecule has 2 aromatic rings. The lowest BCUT2D eigenvalue weighted by Gasteiger charge is -2.19. The van der Waals surface area contributed by atoms with Gasteiger partial charge in [-0.05, 0) is 36.2 Å². The van der Waals surface area contributed by atoms with Crippen LogP contribution in [0.5, 0.6) is 5.75 Å². The number of aliphatic carboxylic acids is 1. The van der Waals surface area contributed by atoms with E-state index in [2.05, 4.69) is 5.32 Å². The van der Waals surface area contributed by atoms with Crippen LogP contribution in [0.4, 0.5) is 0 Å². The monoisotopic (exact) mass is 357 g/mol. The zero-order valence-electron chi connectivity index (χ0n) is 14.9. The molecule has 2 aromatic carbocycles. The molecular formula is C20H23NO5. The molecule has 0 aliphatic carbocycles. The van der Waals surface area contributed by atoms with E-state index in [4.69, 9.17) is 9.47 Å². The van der Waals surface area contributed by atoms with Crippen molar-refractivity contribution in [2.75, 3.05) is 20.3 Å². The predicted molar refractivity (Wildman–Crippen MR) is 97.5 cm³/mol. The Hall–Kier alpha value is -2.86. The first kappa shape index (κ1) is 19.5. The third-order valence-corrected chi connectivity index (χ3v) is 3.90. The number of hydrogen-bond acceptors (Lipinski definition) is 4. The van der Waals surface area contributed by atoms with E-state index in [0.29, 0.717) is 24.5 Å². The summed E-state index contributed by atoms with van der Waals surface area (Å²) >= 11 is 0. The molecular weight excluding hydrogens is 334 g/mol. The summed E-state index contributed by atoms with van der Waals surface area (Å²) in [6.07, 6.45) is -0.194. The number of amides is 1. The Bertz CT molecular complexity index is 759. The van der Waals surface area contributed by atoms with E-state index in [0.717, 1.165) is 11.1 Å². The number of methoxy groups -OCH3 is 1. The number of carbonyl (C=O) groups is 2. The topological polar surface area (TPSA) is 84.9 Å². The fraction of sp³-hybridized carbons (Fsp3) is 0.300. The Morgan fingerprint density at radius 1 is 1.12 bits per heavy atom. The summed E-state index contributed by atoms with van der Waals surface area (Å²) in [5, 5.41) is 12.0. The van der Waals surface area contributed by atoms with Gasteiger partial charge in [0, 0.05) is 12.7 Å².